The Bertz CT molecular complexity index is 831. The van der Waals surface area contributed by atoms with Crippen molar-refractivity contribution in [3.05, 3.63) is 49.9 Å². The van der Waals surface area contributed by atoms with Crippen molar-refractivity contribution in [3.63, 3.8) is 0 Å². The van der Waals surface area contributed by atoms with Gasteiger partial charge in [0, 0.05) is 15.1 Å². The maximum Gasteiger partial charge on any atom is 0.277 e. The van der Waals surface area contributed by atoms with Gasteiger partial charge in [-0.05, 0) is 63.0 Å². The molecule has 0 unspecified atom stereocenters. The summed E-state index contributed by atoms with van der Waals surface area (Å²) in [5.41, 5.74) is 2.97. The van der Waals surface area contributed by atoms with Crippen LogP contribution >= 0.6 is 43.5 Å². The molecule has 0 radical (unpaired) electrons. The molecule has 0 heterocycles. The number of hydrazone groups is 1. The van der Waals surface area contributed by atoms with Crippen LogP contribution in [0.5, 0.6) is 17.2 Å². The summed E-state index contributed by atoms with van der Waals surface area (Å²) in [6.45, 7) is 2.00. The largest absolute Gasteiger partial charge is 0.503 e. The Balaban J connectivity index is 1.98. The van der Waals surface area contributed by atoms with Gasteiger partial charge in [0.05, 0.1) is 17.3 Å². The van der Waals surface area contributed by atoms with Gasteiger partial charge in [0.15, 0.2) is 18.1 Å². The van der Waals surface area contributed by atoms with Gasteiger partial charge in [-0.2, -0.15) is 5.10 Å². The van der Waals surface area contributed by atoms with Gasteiger partial charge in [-0.1, -0.05) is 17.7 Å². The molecule has 0 spiro atoms. The first-order valence-corrected chi connectivity index (χ1v) is 9.42. The standard InChI is InChI=1S/C17H15Br2ClN2O4/c1-2-25-13-6-10(15(18)16(19)17(13)24)8-21-22-14(23)9-26-12-5-3-4-11(20)7-12/h3-8,24H,2,9H2,1H3,(H,22,23)/b21-8-. The minimum atomic E-state index is -0.430. The number of aromatic hydroxyl groups is 1. The predicted octanol–water partition coefficient (Wildman–Crippen LogP) is 4.50. The first-order valence-electron chi connectivity index (χ1n) is 7.46. The molecule has 0 bridgehead atoms. The quantitative estimate of drug-likeness (QED) is 0.428. The van der Waals surface area contributed by atoms with E-state index in [0.29, 0.717) is 37.6 Å². The summed E-state index contributed by atoms with van der Waals surface area (Å²) in [6, 6.07) is 8.35. The second kappa shape index (κ2) is 9.80. The van der Waals surface area contributed by atoms with Gasteiger partial charge in [0.1, 0.15) is 5.75 Å². The molecule has 2 N–H and O–H groups in total. The Morgan fingerprint density at radius 1 is 1.31 bits per heavy atom. The fourth-order valence-corrected chi connectivity index (χ4v) is 2.89. The molecule has 2 rings (SSSR count). The molecule has 9 heteroatoms. The van der Waals surface area contributed by atoms with Crippen molar-refractivity contribution in [2.45, 2.75) is 6.92 Å². The van der Waals surface area contributed by atoms with Crippen LogP contribution in [0, 0.1) is 0 Å². The highest BCUT2D eigenvalue weighted by Crippen LogP contribution is 2.41. The van der Waals surface area contributed by atoms with Crippen LogP contribution < -0.4 is 14.9 Å². The highest BCUT2D eigenvalue weighted by atomic mass is 79.9. The average molecular weight is 507 g/mol. The molecule has 2 aromatic rings. The van der Waals surface area contributed by atoms with E-state index in [9.17, 15) is 9.90 Å². The van der Waals surface area contributed by atoms with E-state index < -0.39 is 5.91 Å². The monoisotopic (exact) mass is 504 g/mol. The number of ether oxygens (including phenoxy) is 2. The Labute approximate surface area is 172 Å². The number of nitrogens with one attached hydrogen (secondary N) is 1. The minimum absolute atomic E-state index is 0.0187. The van der Waals surface area contributed by atoms with Gasteiger partial charge in [-0.25, -0.2) is 5.43 Å². The lowest BCUT2D eigenvalue weighted by molar-refractivity contribution is -0.123. The molecule has 0 fully saturated rings. The van der Waals surface area contributed by atoms with E-state index in [2.05, 4.69) is 42.4 Å². The Morgan fingerprint density at radius 2 is 2.08 bits per heavy atom. The van der Waals surface area contributed by atoms with Crippen LogP contribution in [0.4, 0.5) is 0 Å². The fourth-order valence-electron chi connectivity index (χ4n) is 1.88. The molecule has 2 aromatic carbocycles. The van der Waals surface area contributed by atoms with Crippen LogP contribution in [0.25, 0.3) is 0 Å². The van der Waals surface area contributed by atoms with Crippen molar-refractivity contribution in [1.29, 1.82) is 0 Å². The number of halogens is 3. The second-order valence-corrected chi connectivity index (χ2v) is 6.94. The molecule has 0 aliphatic rings. The van der Waals surface area contributed by atoms with Crippen LogP contribution in [0.15, 0.2) is 44.4 Å². The van der Waals surface area contributed by atoms with E-state index in [1.54, 1.807) is 30.3 Å². The van der Waals surface area contributed by atoms with E-state index in [0.717, 1.165) is 0 Å². The van der Waals surface area contributed by atoms with Crippen molar-refractivity contribution in [2.75, 3.05) is 13.2 Å². The molecule has 0 aliphatic carbocycles. The van der Waals surface area contributed by atoms with Gasteiger partial charge in [0.25, 0.3) is 5.91 Å². The summed E-state index contributed by atoms with van der Waals surface area (Å²) < 4.78 is 11.7. The Morgan fingerprint density at radius 3 is 2.77 bits per heavy atom. The van der Waals surface area contributed by atoms with Crippen LogP contribution in [-0.4, -0.2) is 30.4 Å². The molecule has 6 nitrogen and oxygen atoms in total. The van der Waals surface area contributed by atoms with Crippen LogP contribution in [0.3, 0.4) is 0 Å². The van der Waals surface area contributed by atoms with E-state index >= 15 is 0 Å². The van der Waals surface area contributed by atoms with Crippen LogP contribution in [0.1, 0.15) is 12.5 Å². The maximum absolute atomic E-state index is 11.8. The van der Waals surface area contributed by atoms with Gasteiger partial charge < -0.3 is 14.6 Å². The third-order valence-electron chi connectivity index (χ3n) is 3.03. The number of hydrogen-bond donors (Lipinski definition) is 2. The molecular formula is C17H15Br2ClN2O4. The number of phenols is 1. The zero-order valence-electron chi connectivity index (χ0n) is 13.6. The molecule has 1 amide bonds. The van der Waals surface area contributed by atoms with Crippen LogP contribution in [-0.2, 0) is 4.79 Å². The molecule has 0 saturated carbocycles. The van der Waals surface area contributed by atoms with E-state index in [-0.39, 0.29) is 12.4 Å². The molecule has 0 aromatic heterocycles. The number of hydrogen-bond acceptors (Lipinski definition) is 5. The summed E-state index contributed by atoms with van der Waals surface area (Å²) >= 11 is 12.5. The van der Waals surface area contributed by atoms with E-state index in [1.807, 2.05) is 6.92 Å². The van der Waals surface area contributed by atoms with Crippen molar-refractivity contribution in [2.24, 2.45) is 5.10 Å². The number of carbonyl (C=O) groups excluding carboxylic acids is 1. The van der Waals surface area contributed by atoms with Crippen molar-refractivity contribution in [1.82, 2.24) is 5.43 Å². The Hall–Kier alpha value is -1.77. The summed E-state index contributed by atoms with van der Waals surface area (Å²) in [7, 11) is 0. The summed E-state index contributed by atoms with van der Waals surface area (Å²) in [5, 5.41) is 14.4. The van der Waals surface area contributed by atoms with Crippen molar-refractivity contribution in [3.8, 4) is 17.2 Å². The maximum atomic E-state index is 11.8. The summed E-state index contributed by atoms with van der Waals surface area (Å²) in [5.74, 6) is 0.345. The normalized spacial score (nSPS) is 10.8. The zero-order chi connectivity index (χ0) is 19.1. The molecule has 0 atom stereocenters. The van der Waals surface area contributed by atoms with E-state index in [4.69, 9.17) is 21.1 Å². The van der Waals surface area contributed by atoms with Crippen molar-refractivity contribution < 1.29 is 19.4 Å². The SMILES string of the molecule is CCOc1cc(/C=N\NC(=O)COc2cccc(Cl)c2)c(Br)c(Br)c1O. The lowest BCUT2D eigenvalue weighted by Gasteiger charge is -2.11. The number of rotatable bonds is 7. The molecule has 26 heavy (non-hydrogen) atoms. The number of amides is 1. The van der Waals surface area contributed by atoms with Gasteiger partial charge in [-0.3, -0.25) is 4.79 Å². The molecule has 0 aliphatic heterocycles. The van der Waals surface area contributed by atoms with Crippen molar-refractivity contribution >= 4 is 55.6 Å². The third-order valence-corrected chi connectivity index (χ3v) is 5.43. The number of nitrogens with zero attached hydrogens (tertiary/aromatic N) is 1. The van der Waals surface area contributed by atoms with Gasteiger partial charge in [0.2, 0.25) is 0 Å². The lowest BCUT2D eigenvalue weighted by atomic mass is 10.2. The number of carbonyl (C=O) groups is 1. The number of benzene rings is 2. The highest BCUT2D eigenvalue weighted by molar-refractivity contribution is 9.13. The summed E-state index contributed by atoms with van der Waals surface area (Å²) in [6.07, 6.45) is 1.42. The van der Waals surface area contributed by atoms with Crippen LogP contribution in [0.2, 0.25) is 5.02 Å². The molecular weight excluding hydrogens is 491 g/mol. The molecule has 138 valence electrons. The lowest BCUT2D eigenvalue weighted by Crippen LogP contribution is -2.24. The summed E-state index contributed by atoms with van der Waals surface area (Å²) in [4.78, 5) is 11.8. The first kappa shape index (κ1) is 20.5. The molecule has 0 saturated heterocycles. The van der Waals surface area contributed by atoms with Gasteiger partial charge >= 0.3 is 0 Å². The second-order valence-electron chi connectivity index (χ2n) is 4.91. The highest BCUT2D eigenvalue weighted by Gasteiger charge is 2.14. The average Bonchev–Trinajstić information content (AvgIpc) is 2.62. The zero-order valence-corrected chi connectivity index (χ0v) is 17.6. The smallest absolute Gasteiger partial charge is 0.277 e. The Kier molecular flexibility index (Phi) is 7.74. The fraction of sp³-hybridized carbons (Fsp3) is 0.176. The first-order chi connectivity index (χ1) is 12.4. The van der Waals surface area contributed by atoms with E-state index in [1.165, 1.54) is 6.21 Å². The minimum Gasteiger partial charge on any atom is -0.503 e. The topological polar surface area (TPSA) is 80.2 Å². The number of phenolic OH excluding ortho intramolecular Hbond substituents is 1. The third kappa shape index (κ3) is 5.62. The predicted molar refractivity (Wildman–Crippen MR) is 107 cm³/mol. The van der Waals surface area contributed by atoms with Gasteiger partial charge in [-0.15, -0.1) is 0 Å².